The molecule has 1 heterocycles. The third-order valence-corrected chi connectivity index (χ3v) is 2.92. The van der Waals surface area contributed by atoms with E-state index in [0.29, 0.717) is 24.3 Å². The van der Waals surface area contributed by atoms with Gasteiger partial charge >= 0.3 is 6.18 Å². The van der Waals surface area contributed by atoms with E-state index in [1.165, 1.54) is 0 Å². The lowest BCUT2D eigenvalue weighted by molar-refractivity contribution is -0.135. The molecule has 0 fully saturated rings. The summed E-state index contributed by atoms with van der Waals surface area (Å²) in [6, 6.07) is 7.31. The standard InChI is InChI=1S/C13H13ClF3N3/c14-12-19-10-6-2-1-5-9(10)11(20-12)18-8-4-3-7-13(15,16)17/h1-2,5-6H,3-4,7-8H2,(H,18,19,20). The summed E-state index contributed by atoms with van der Waals surface area (Å²) in [4.78, 5) is 8.15. The molecule has 0 aliphatic rings. The van der Waals surface area contributed by atoms with E-state index in [9.17, 15) is 13.2 Å². The fraction of sp³-hybridized carbons (Fsp3) is 0.385. The van der Waals surface area contributed by atoms with Gasteiger partial charge in [0.25, 0.3) is 0 Å². The zero-order chi connectivity index (χ0) is 14.6. The minimum absolute atomic E-state index is 0.0905. The van der Waals surface area contributed by atoms with Gasteiger partial charge in [0.1, 0.15) is 5.82 Å². The van der Waals surface area contributed by atoms with Gasteiger partial charge in [0.2, 0.25) is 5.28 Å². The van der Waals surface area contributed by atoms with Crippen LogP contribution in [-0.4, -0.2) is 22.7 Å². The number of para-hydroxylation sites is 1. The molecular formula is C13H13ClF3N3. The second kappa shape index (κ2) is 6.26. The highest BCUT2D eigenvalue weighted by Gasteiger charge is 2.25. The smallest absolute Gasteiger partial charge is 0.369 e. The summed E-state index contributed by atoms with van der Waals surface area (Å²) in [5, 5.41) is 3.92. The Morgan fingerprint density at radius 3 is 2.60 bits per heavy atom. The largest absolute Gasteiger partial charge is 0.389 e. The second-order valence-electron chi connectivity index (χ2n) is 4.36. The van der Waals surface area contributed by atoms with Crippen LogP contribution in [0.15, 0.2) is 24.3 Å². The maximum Gasteiger partial charge on any atom is 0.389 e. The quantitative estimate of drug-likeness (QED) is 0.656. The molecule has 1 N–H and O–H groups in total. The van der Waals surface area contributed by atoms with Crippen molar-refractivity contribution >= 4 is 28.3 Å². The summed E-state index contributed by atoms with van der Waals surface area (Å²) in [7, 11) is 0. The van der Waals surface area contributed by atoms with Crippen molar-refractivity contribution in [1.82, 2.24) is 9.97 Å². The zero-order valence-corrected chi connectivity index (χ0v) is 11.3. The molecule has 0 amide bonds. The van der Waals surface area contributed by atoms with Crippen LogP contribution in [0.5, 0.6) is 0 Å². The normalized spacial score (nSPS) is 11.8. The minimum atomic E-state index is -4.09. The van der Waals surface area contributed by atoms with Crippen molar-refractivity contribution in [3.8, 4) is 0 Å². The molecule has 0 saturated carbocycles. The van der Waals surface area contributed by atoms with Crippen LogP contribution >= 0.6 is 11.6 Å². The third-order valence-electron chi connectivity index (χ3n) is 2.76. The van der Waals surface area contributed by atoms with Crippen LogP contribution < -0.4 is 5.32 Å². The van der Waals surface area contributed by atoms with Crippen molar-refractivity contribution in [3.63, 3.8) is 0 Å². The van der Waals surface area contributed by atoms with Crippen LogP contribution in [0.3, 0.4) is 0 Å². The number of halogens is 4. The van der Waals surface area contributed by atoms with E-state index in [2.05, 4.69) is 15.3 Å². The predicted octanol–water partition coefficient (Wildman–Crippen LogP) is 4.43. The molecule has 0 spiro atoms. The summed E-state index contributed by atoms with van der Waals surface area (Å²) in [6.07, 6.45) is -4.35. The molecule has 0 unspecified atom stereocenters. The van der Waals surface area contributed by atoms with E-state index in [1.54, 1.807) is 6.07 Å². The zero-order valence-electron chi connectivity index (χ0n) is 10.5. The second-order valence-corrected chi connectivity index (χ2v) is 4.70. The monoisotopic (exact) mass is 303 g/mol. The number of nitrogens with zero attached hydrogens (tertiary/aromatic N) is 2. The highest BCUT2D eigenvalue weighted by molar-refractivity contribution is 6.28. The topological polar surface area (TPSA) is 37.8 Å². The number of benzene rings is 1. The van der Waals surface area contributed by atoms with Gasteiger partial charge in [-0.3, -0.25) is 0 Å². The molecule has 0 atom stereocenters. The van der Waals surface area contributed by atoms with Crippen molar-refractivity contribution < 1.29 is 13.2 Å². The maximum atomic E-state index is 12.0. The summed E-state index contributed by atoms with van der Waals surface area (Å²) < 4.78 is 36.0. The Morgan fingerprint density at radius 1 is 1.10 bits per heavy atom. The van der Waals surface area contributed by atoms with Crippen LogP contribution in [0.25, 0.3) is 10.9 Å². The van der Waals surface area contributed by atoms with E-state index in [4.69, 9.17) is 11.6 Å². The van der Waals surface area contributed by atoms with Crippen LogP contribution in [0, 0.1) is 0 Å². The molecule has 0 radical (unpaired) electrons. The molecule has 3 nitrogen and oxygen atoms in total. The van der Waals surface area contributed by atoms with E-state index in [1.807, 2.05) is 18.2 Å². The van der Waals surface area contributed by atoms with Crippen LogP contribution in [0.2, 0.25) is 5.28 Å². The van der Waals surface area contributed by atoms with Crippen LogP contribution in [0.1, 0.15) is 19.3 Å². The van der Waals surface area contributed by atoms with Crippen LogP contribution in [0.4, 0.5) is 19.0 Å². The Kier molecular flexibility index (Phi) is 4.65. The average molecular weight is 304 g/mol. The molecular weight excluding hydrogens is 291 g/mol. The fourth-order valence-corrected chi connectivity index (χ4v) is 2.02. The van der Waals surface area contributed by atoms with Gasteiger partial charge in [-0.05, 0) is 36.6 Å². The lowest BCUT2D eigenvalue weighted by atomic mass is 10.2. The Hall–Kier alpha value is -1.56. The summed E-state index contributed by atoms with van der Waals surface area (Å²) in [5.41, 5.74) is 0.699. The van der Waals surface area contributed by atoms with Gasteiger partial charge in [-0.1, -0.05) is 12.1 Å². The first-order chi connectivity index (χ1) is 9.46. The summed E-state index contributed by atoms with van der Waals surface area (Å²) in [6.45, 7) is 0.410. The number of rotatable bonds is 5. The molecule has 20 heavy (non-hydrogen) atoms. The SMILES string of the molecule is FC(F)(F)CCCCNc1nc(Cl)nc2ccccc12. The lowest BCUT2D eigenvalue weighted by Gasteiger charge is -2.09. The number of hydrogen-bond donors (Lipinski definition) is 1. The predicted molar refractivity (Wildman–Crippen MR) is 72.9 cm³/mol. The molecule has 0 aliphatic carbocycles. The van der Waals surface area contributed by atoms with E-state index in [-0.39, 0.29) is 11.7 Å². The first-order valence-electron chi connectivity index (χ1n) is 6.18. The number of anilines is 1. The third kappa shape index (κ3) is 4.23. The van der Waals surface area contributed by atoms with E-state index in [0.717, 1.165) is 5.39 Å². The first kappa shape index (κ1) is 14.8. The van der Waals surface area contributed by atoms with Gasteiger partial charge in [0.05, 0.1) is 5.52 Å². The first-order valence-corrected chi connectivity index (χ1v) is 6.56. The summed E-state index contributed by atoms with van der Waals surface area (Å²) in [5.74, 6) is 0.549. The number of hydrogen-bond acceptors (Lipinski definition) is 3. The Bertz CT molecular complexity index is 587. The Labute approximate surface area is 119 Å². The van der Waals surface area contributed by atoms with Crippen molar-refractivity contribution in [2.24, 2.45) is 0 Å². The Balaban J connectivity index is 1.96. The number of unbranched alkanes of at least 4 members (excludes halogenated alkanes) is 1. The van der Waals surface area contributed by atoms with Crippen molar-refractivity contribution in [1.29, 1.82) is 0 Å². The fourth-order valence-electron chi connectivity index (χ4n) is 1.84. The molecule has 1 aromatic carbocycles. The molecule has 0 bridgehead atoms. The number of nitrogens with one attached hydrogen (secondary N) is 1. The molecule has 7 heteroatoms. The van der Waals surface area contributed by atoms with Gasteiger partial charge in [0, 0.05) is 18.4 Å². The molecule has 2 aromatic rings. The van der Waals surface area contributed by atoms with Crippen molar-refractivity contribution in [3.05, 3.63) is 29.5 Å². The maximum absolute atomic E-state index is 12.0. The van der Waals surface area contributed by atoms with Crippen molar-refractivity contribution in [2.45, 2.75) is 25.4 Å². The van der Waals surface area contributed by atoms with Gasteiger partial charge in [-0.25, -0.2) is 9.97 Å². The average Bonchev–Trinajstić information content (AvgIpc) is 2.36. The molecule has 0 saturated heterocycles. The van der Waals surface area contributed by atoms with E-state index >= 15 is 0 Å². The van der Waals surface area contributed by atoms with Crippen LogP contribution in [-0.2, 0) is 0 Å². The van der Waals surface area contributed by atoms with Gasteiger partial charge < -0.3 is 5.32 Å². The highest BCUT2D eigenvalue weighted by Crippen LogP contribution is 2.23. The number of aromatic nitrogens is 2. The van der Waals surface area contributed by atoms with Gasteiger partial charge in [-0.15, -0.1) is 0 Å². The van der Waals surface area contributed by atoms with Gasteiger partial charge in [0.15, 0.2) is 0 Å². The highest BCUT2D eigenvalue weighted by atomic mass is 35.5. The molecule has 0 aliphatic heterocycles. The molecule has 1 aromatic heterocycles. The van der Waals surface area contributed by atoms with Gasteiger partial charge in [-0.2, -0.15) is 13.2 Å². The van der Waals surface area contributed by atoms with Crippen molar-refractivity contribution in [2.75, 3.05) is 11.9 Å². The lowest BCUT2D eigenvalue weighted by Crippen LogP contribution is -2.09. The number of alkyl halides is 3. The molecule has 2 rings (SSSR count). The summed E-state index contributed by atoms with van der Waals surface area (Å²) >= 11 is 5.81. The number of fused-ring (bicyclic) bond motifs is 1. The van der Waals surface area contributed by atoms with E-state index < -0.39 is 12.6 Å². The molecule has 108 valence electrons. The minimum Gasteiger partial charge on any atom is -0.369 e. The Morgan fingerprint density at radius 2 is 1.85 bits per heavy atom.